The summed E-state index contributed by atoms with van der Waals surface area (Å²) in [7, 11) is -3.49. The van der Waals surface area contributed by atoms with Gasteiger partial charge in [-0.05, 0) is 18.6 Å². The molecule has 24 heavy (non-hydrogen) atoms. The summed E-state index contributed by atoms with van der Waals surface area (Å²) >= 11 is 1.28. The minimum absolute atomic E-state index is 0.00424. The molecule has 0 aliphatic rings. The minimum atomic E-state index is -3.49. The minimum Gasteiger partial charge on any atom is -0.296 e. The summed E-state index contributed by atoms with van der Waals surface area (Å²) in [4.78, 5) is 12.6. The molecule has 1 aromatic carbocycles. The predicted molar refractivity (Wildman–Crippen MR) is 95.3 cm³/mol. The Hall–Kier alpha value is -1.80. The summed E-state index contributed by atoms with van der Waals surface area (Å²) < 4.78 is 24.7. The third kappa shape index (κ3) is 4.18. The lowest BCUT2D eigenvalue weighted by Gasteiger charge is -2.12. The quantitative estimate of drug-likeness (QED) is 0.876. The summed E-state index contributed by atoms with van der Waals surface area (Å²) in [5.74, 6) is -0.494. The molecule has 1 aromatic heterocycles. The average Bonchev–Trinajstić information content (AvgIpc) is 2.96. The lowest BCUT2D eigenvalue weighted by Crippen LogP contribution is -2.17. The highest BCUT2D eigenvalue weighted by molar-refractivity contribution is 7.91. The number of rotatable bonds is 5. The first-order valence-electron chi connectivity index (χ1n) is 7.62. The Balaban J connectivity index is 2.30. The maximum absolute atomic E-state index is 12.5. The molecule has 0 fully saturated rings. The van der Waals surface area contributed by atoms with E-state index in [1.54, 1.807) is 19.1 Å². The normalized spacial score (nSPS) is 12.2. The van der Waals surface area contributed by atoms with Crippen molar-refractivity contribution in [2.24, 2.45) is 0 Å². The second-order valence-electron chi connectivity index (χ2n) is 6.43. The monoisotopic (exact) mass is 367 g/mol. The third-order valence-electron chi connectivity index (χ3n) is 3.23. The number of carbonyl (C=O) groups is 1. The van der Waals surface area contributed by atoms with Gasteiger partial charge in [0.15, 0.2) is 9.84 Å². The number of amides is 1. The van der Waals surface area contributed by atoms with E-state index in [1.165, 1.54) is 23.5 Å². The van der Waals surface area contributed by atoms with E-state index in [0.717, 1.165) is 5.01 Å². The van der Waals surface area contributed by atoms with Crippen LogP contribution in [-0.4, -0.2) is 30.3 Å². The fourth-order valence-electron chi connectivity index (χ4n) is 2.05. The smallest absolute Gasteiger partial charge is 0.258 e. The van der Waals surface area contributed by atoms with Gasteiger partial charge in [-0.3, -0.25) is 10.1 Å². The molecule has 0 spiro atoms. The number of anilines is 1. The summed E-state index contributed by atoms with van der Waals surface area (Å²) in [6, 6.07) is 6.21. The molecule has 6 nitrogen and oxygen atoms in total. The van der Waals surface area contributed by atoms with Gasteiger partial charge in [0.25, 0.3) is 5.91 Å². The van der Waals surface area contributed by atoms with Crippen LogP contribution in [0.2, 0.25) is 0 Å². The van der Waals surface area contributed by atoms with Crippen LogP contribution in [0, 0.1) is 0 Å². The second kappa shape index (κ2) is 6.98. The zero-order valence-electron chi connectivity index (χ0n) is 14.2. The number of hydrogen-bond donors (Lipinski definition) is 1. The molecule has 0 radical (unpaired) electrons. The molecule has 2 rings (SSSR count). The van der Waals surface area contributed by atoms with Crippen LogP contribution in [0.25, 0.3) is 0 Å². The van der Waals surface area contributed by atoms with Gasteiger partial charge in [-0.1, -0.05) is 51.2 Å². The molecular weight excluding hydrogens is 346 g/mol. The SMILES string of the molecule is CCCS(=O)(=O)c1ccccc1C(=O)Nc1nnc(C(C)(C)C)s1. The summed E-state index contributed by atoms with van der Waals surface area (Å²) in [6.45, 7) is 7.80. The Kier molecular flexibility index (Phi) is 5.39. The maximum atomic E-state index is 12.5. The van der Waals surface area contributed by atoms with Gasteiger partial charge < -0.3 is 0 Å². The van der Waals surface area contributed by atoms with E-state index in [2.05, 4.69) is 15.5 Å². The Labute approximate surface area is 146 Å². The van der Waals surface area contributed by atoms with Crippen molar-refractivity contribution in [2.75, 3.05) is 11.1 Å². The fourth-order valence-corrected chi connectivity index (χ4v) is 4.38. The molecule has 0 aliphatic heterocycles. The topological polar surface area (TPSA) is 89.0 Å². The highest BCUT2D eigenvalue weighted by atomic mass is 32.2. The van der Waals surface area contributed by atoms with Gasteiger partial charge in [0.05, 0.1) is 16.2 Å². The predicted octanol–water partition coefficient (Wildman–Crippen LogP) is 3.27. The molecule has 0 saturated carbocycles. The molecule has 8 heteroatoms. The van der Waals surface area contributed by atoms with Gasteiger partial charge in [0.1, 0.15) is 5.01 Å². The molecule has 0 saturated heterocycles. The number of carbonyl (C=O) groups excluding carboxylic acids is 1. The summed E-state index contributed by atoms with van der Waals surface area (Å²) in [6.07, 6.45) is 0.490. The van der Waals surface area contributed by atoms with Crippen LogP contribution < -0.4 is 5.32 Å². The number of benzene rings is 1. The maximum Gasteiger partial charge on any atom is 0.258 e. The van der Waals surface area contributed by atoms with Crippen LogP contribution in [0.4, 0.5) is 5.13 Å². The molecule has 0 bridgehead atoms. The Bertz CT molecular complexity index is 836. The van der Waals surface area contributed by atoms with E-state index in [0.29, 0.717) is 11.6 Å². The zero-order chi connectivity index (χ0) is 18.0. The van der Waals surface area contributed by atoms with Crippen molar-refractivity contribution in [1.82, 2.24) is 10.2 Å². The van der Waals surface area contributed by atoms with Crippen LogP contribution >= 0.6 is 11.3 Å². The average molecular weight is 367 g/mol. The van der Waals surface area contributed by atoms with Crippen molar-refractivity contribution >= 4 is 32.2 Å². The molecule has 0 aliphatic carbocycles. The Morgan fingerprint density at radius 3 is 2.46 bits per heavy atom. The number of hydrogen-bond acceptors (Lipinski definition) is 6. The largest absolute Gasteiger partial charge is 0.296 e. The van der Waals surface area contributed by atoms with Crippen LogP contribution in [-0.2, 0) is 15.3 Å². The van der Waals surface area contributed by atoms with E-state index < -0.39 is 15.7 Å². The van der Waals surface area contributed by atoms with Gasteiger partial charge in [-0.25, -0.2) is 8.42 Å². The fraction of sp³-hybridized carbons (Fsp3) is 0.438. The van der Waals surface area contributed by atoms with Crippen molar-refractivity contribution in [3.8, 4) is 0 Å². The van der Waals surface area contributed by atoms with Crippen molar-refractivity contribution in [2.45, 2.75) is 44.4 Å². The lowest BCUT2D eigenvalue weighted by molar-refractivity contribution is 0.102. The highest BCUT2D eigenvalue weighted by Gasteiger charge is 2.23. The lowest BCUT2D eigenvalue weighted by atomic mass is 9.98. The summed E-state index contributed by atoms with van der Waals surface area (Å²) in [5.41, 5.74) is -0.0401. The first-order valence-corrected chi connectivity index (χ1v) is 10.1. The second-order valence-corrected chi connectivity index (χ2v) is 9.49. The third-order valence-corrected chi connectivity index (χ3v) is 6.46. The van der Waals surface area contributed by atoms with Crippen molar-refractivity contribution in [1.29, 1.82) is 0 Å². The number of aromatic nitrogens is 2. The highest BCUT2D eigenvalue weighted by Crippen LogP contribution is 2.28. The van der Waals surface area contributed by atoms with Gasteiger partial charge in [0, 0.05) is 5.41 Å². The van der Waals surface area contributed by atoms with E-state index in [-0.39, 0.29) is 21.6 Å². The van der Waals surface area contributed by atoms with Crippen LogP contribution in [0.1, 0.15) is 49.5 Å². The summed E-state index contributed by atoms with van der Waals surface area (Å²) in [5, 5.41) is 11.8. The van der Waals surface area contributed by atoms with Crippen LogP contribution in [0.3, 0.4) is 0 Å². The first-order chi connectivity index (χ1) is 11.1. The van der Waals surface area contributed by atoms with Crippen molar-refractivity contribution in [3.63, 3.8) is 0 Å². The molecule has 0 atom stereocenters. The number of nitrogens with zero attached hydrogens (tertiary/aromatic N) is 2. The molecule has 130 valence electrons. The number of sulfone groups is 1. The Morgan fingerprint density at radius 1 is 1.21 bits per heavy atom. The molecule has 1 N–H and O–H groups in total. The number of nitrogens with one attached hydrogen (secondary N) is 1. The first kappa shape index (κ1) is 18.5. The van der Waals surface area contributed by atoms with Gasteiger partial charge >= 0.3 is 0 Å². The molecular formula is C16H21N3O3S2. The molecule has 1 heterocycles. The van der Waals surface area contributed by atoms with Gasteiger partial charge in [-0.2, -0.15) is 0 Å². The van der Waals surface area contributed by atoms with Gasteiger partial charge in [0.2, 0.25) is 5.13 Å². The van der Waals surface area contributed by atoms with Crippen LogP contribution in [0.5, 0.6) is 0 Å². The van der Waals surface area contributed by atoms with E-state index >= 15 is 0 Å². The zero-order valence-corrected chi connectivity index (χ0v) is 15.8. The molecule has 0 unspecified atom stereocenters. The molecule has 2 aromatic rings. The Morgan fingerprint density at radius 2 is 1.88 bits per heavy atom. The van der Waals surface area contributed by atoms with Crippen molar-refractivity contribution in [3.05, 3.63) is 34.8 Å². The van der Waals surface area contributed by atoms with E-state index in [4.69, 9.17) is 0 Å². The van der Waals surface area contributed by atoms with Crippen LogP contribution in [0.15, 0.2) is 29.2 Å². The standard InChI is InChI=1S/C16H21N3O3S2/c1-5-10-24(21,22)12-9-7-6-8-11(12)13(20)17-15-19-18-14(23-15)16(2,3)4/h6-9H,5,10H2,1-4H3,(H,17,19,20). The van der Waals surface area contributed by atoms with E-state index in [9.17, 15) is 13.2 Å². The van der Waals surface area contributed by atoms with Crippen molar-refractivity contribution < 1.29 is 13.2 Å². The van der Waals surface area contributed by atoms with Gasteiger partial charge in [-0.15, -0.1) is 10.2 Å². The molecule has 1 amide bonds. The van der Waals surface area contributed by atoms with E-state index in [1.807, 2.05) is 20.8 Å².